The van der Waals surface area contributed by atoms with E-state index in [1.54, 1.807) is 0 Å². The Kier molecular flexibility index (Phi) is 5.49. The van der Waals surface area contributed by atoms with Gasteiger partial charge in [-0.15, -0.1) is 0 Å². The van der Waals surface area contributed by atoms with Crippen molar-refractivity contribution >= 4 is 29.2 Å². The highest BCUT2D eigenvalue weighted by Crippen LogP contribution is 2.61. The molecule has 4 aliphatic rings. The highest BCUT2D eigenvalue weighted by atomic mass is 32.2. The molecule has 3 atom stereocenters. The molecule has 3 heterocycles. The first-order valence-electron chi connectivity index (χ1n) is 11.5. The molecule has 2 unspecified atom stereocenters. The van der Waals surface area contributed by atoms with Crippen molar-refractivity contribution in [3.63, 3.8) is 0 Å². The summed E-state index contributed by atoms with van der Waals surface area (Å²) >= 11 is 1.89. The van der Waals surface area contributed by atoms with Crippen molar-refractivity contribution in [2.45, 2.75) is 39.5 Å². The monoisotopic (exact) mass is 440 g/mol. The van der Waals surface area contributed by atoms with Gasteiger partial charge in [0.25, 0.3) is 5.91 Å². The minimum Gasteiger partial charge on any atom is -0.350 e. The van der Waals surface area contributed by atoms with Crippen molar-refractivity contribution in [3.05, 3.63) is 35.8 Å². The van der Waals surface area contributed by atoms with Crippen LogP contribution in [0.3, 0.4) is 0 Å². The number of aromatic nitrogens is 2. The van der Waals surface area contributed by atoms with Gasteiger partial charge in [-0.1, -0.05) is 19.9 Å². The van der Waals surface area contributed by atoms with Crippen molar-refractivity contribution in [1.29, 1.82) is 0 Å². The van der Waals surface area contributed by atoms with Gasteiger partial charge in [-0.2, -0.15) is 11.8 Å². The summed E-state index contributed by atoms with van der Waals surface area (Å²) < 4.78 is 1.83. The second kappa shape index (κ2) is 8.15. The van der Waals surface area contributed by atoms with Crippen LogP contribution in [0.5, 0.6) is 0 Å². The molecule has 2 bridgehead atoms. The van der Waals surface area contributed by atoms with Gasteiger partial charge in [0.15, 0.2) is 0 Å². The number of nitrogens with zero attached hydrogens (tertiary/aromatic N) is 3. The Hall–Kier alpha value is -2.02. The van der Waals surface area contributed by atoms with Crippen LogP contribution in [0, 0.1) is 23.2 Å². The Morgan fingerprint density at radius 3 is 2.77 bits per heavy atom. The van der Waals surface area contributed by atoms with Crippen molar-refractivity contribution in [2.24, 2.45) is 23.2 Å². The van der Waals surface area contributed by atoms with Crippen LogP contribution < -0.4 is 5.32 Å². The Labute approximate surface area is 188 Å². The molecule has 0 aromatic carbocycles. The first-order chi connectivity index (χ1) is 14.9. The van der Waals surface area contributed by atoms with E-state index in [0.29, 0.717) is 22.7 Å². The third kappa shape index (κ3) is 3.86. The van der Waals surface area contributed by atoms with Gasteiger partial charge in [-0.3, -0.25) is 14.0 Å². The number of hydrogen-bond donors (Lipinski definition) is 1. The predicted molar refractivity (Wildman–Crippen MR) is 123 cm³/mol. The lowest BCUT2D eigenvalue weighted by Crippen LogP contribution is -2.54. The molecule has 2 aromatic heterocycles. The van der Waals surface area contributed by atoms with Crippen LogP contribution in [0.15, 0.2) is 24.4 Å². The van der Waals surface area contributed by atoms with E-state index in [0.717, 1.165) is 48.7 Å². The van der Waals surface area contributed by atoms with E-state index in [4.69, 9.17) is 0 Å². The number of imidazole rings is 1. The van der Waals surface area contributed by atoms with E-state index in [2.05, 4.69) is 24.1 Å². The summed E-state index contributed by atoms with van der Waals surface area (Å²) in [7, 11) is 0. The second-order valence-corrected chi connectivity index (χ2v) is 11.2. The van der Waals surface area contributed by atoms with Crippen LogP contribution in [0.4, 0.5) is 0 Å². The zero-order chi connectivity index (χ0) is 21.6. The molecule has 7 heteroatoms. The number of rotatable bonds is 5. The van der Waals surface area contributed by atoms with E-state index in [1.165, 1.54) is 19.3 Å². The fraction of sp³-hybridized carbons (Fsp3) is 0.625. The number of amides is 2. The Morgan fingerprint density at radius 1 is 1.23 bits per heavy atom. The van der Waals surface area contributed by atoms with Crippen LogP contribution in [0.1, 0.15) is 49.3 Å². The topological polar surface area (TPSA) is 66.7 Å². The predicted octanol–water partition coefficient (Wildman–Crippen LogP) is 3.25. The van der Waals surface area contributed by atoms with Gasteiger partial charge in [-0.25, -0.2) is 4.98 Å². The van der Waals surface area contributed by atoms with E-state index in [9.17, 15) is 9.59 Å². The van der Waals surface area contributed by atoms with Crippen LogP contribution in [-0.4, -0.2) is 57.2 Å². The fourth-order valence-electron chi connectivity index (χ4n) is 5.93. The summed E-state index contributed by atoms with van der Waals surface area (Å²) in [6.45, 7) is 7.13. The van der Waals surface area contributed by atoms with E-state index in [1.807, 2.05) is 45.5 Å². The van der Waals surface area contributed by atoms with Gasteiger partial charge in [0.05, 0.1) is 12.1 Å². The SMILES string of the molecule is CC1(C)C2CC[C@H](CNC(=O)c3cccc4nc(CC(=O)N5CCSCC5)cn34)C1C2. The molecule has 3 saturated carbocycles. The number of hydrogen-bond acceptors (Lipinski definition) is 4. The molecule has 0 spiro atoms. The molecular weight excluding hydrogens is 408 g/mol. The quantitative estimate of drug-likeness (QED) is 0.775. The molecule has 0 radical (unpaired) electrons. The molecule has 6 rings (SSSR count). The van der Waals surface area contributed by atoms with Crippen molar-refractivity contribution in [3.8, 4) is 0 Å². The average molecular weight is 441 g/mol. The standard InChI is InChI=1S/C24H32N4O2S/c1-24(2)17-7-6-16(19(24)12-17)14-25-23(30)20-4-3-5-21-26-18(15-28(20)21)13-22(29)27-8-10-31-11-9-27/h3-5,15-17,19H,6-14H2,1-2H3,(H,25,30)/t16-,17?,19?/m1/s1. The molecule has 31 heavy (non-hydrogen) atoms. The van der Waals surface area contributed by atoms with E-state index < -0.39 is 0 Å². The maximum atomic E-state index is 13.0. The molecule has 2 amide bonds. The van der Waals surface area contributed by atoms with Gasteiger partial charge in [0.1, 0.15) is 11.3 Å². The largest absolute Gasteiger partial charge is 0.350 e. The smallest absolute Gasteiger partial charge is 0.268 e. The van der Waals surface area contributed by atoms with Gasteiger partial charge in [0, 0.05) is 37.3 Å². The number of nitrogens with one attached hydrogen (secondary N) is 1. The molecule has 1 aliphatic heterocycles. The number of pyridine rings is 1. The summed E-state index contributed by atoms with van der Waals surface area (Å²) in [5, 5.41) is 3.19. The van der Waals surface area contributed by atoms with E-state index >= 15 is 0 Å². The van der Waals surface area contributed by atoms with Gasteiger partial charge >= 0.3 is 0 Å². The summed E-state index contributed by atoms with van der Waals surface area (Å²) in [6, 6.07) is 5.59. The van der Waals surface area contributed by atoms with Crippen LogP contribution in [-0.2, 0) is 11.2 Å². The summed E-state index contributed by atoms with van der Waals surface area (Å²) in [5.41, 5.74) is 2.44. The number of fused-ring (bicyclic) bond motifs is 3. The Morgan fingerprint density at radius 2 is 2.03 bits per heavy atom. The average Bonchev–Trinajstić information content (AvgIpc) is 3.20. The molecule has 166 valence electrons. The Bertz CT molecular complexity index is 993. The lowest BCUT2D eigenvalue weighted by atomic mass is 9.45. The van der Waals surface area contributed by atoms with Crippen molar-refractivity contribution in [1.82, 2.24) is 19.6 Å². The molecule has 2 aromatic rings. The molecule has 1 saturated heterocycles. The number of carbonyl (C=O) groups excluding carboxylic acids is 2. The van der Waals surface area contributed by atoms with Crippen molar-refractivity contribution < 1.29 is 9.59 Å². The summed E-state index contributed by atoms with van der Waals surface area (Å²) in [4.78, 5) is 32.2. The first kappa shape index (κ1) is 20.9. The molecular formula is C24H32N4O2S. The van der Waals surface area contributed by atoms with Gasteiger partial charge < -0.3 is 10.2 Å². The highest BCUT2D eigenvalue weighted by molar-refractivity contribution is 7.99. The molecule has 6 nitrogen and oxygen atoms in total. The molecule has 1 N–H and O–H groups in total. The van der Waals surface area contributed by atoms with Crippen LogP contribution >= 0.6 is 11.8 Å². The minimum atomic E-state index is -0.0619. The number of carbonyl (C=O) groups is 2. The van der Waals surface area contributed by atoms with Gasteiger partial charge in [0.2, 0.25) is 5.91 Å². The lowest BCUT2D eigenvalue weighted by molar-refractivity contribution is -0.130. The summed E-state index contributed by atoms with van der Waals surface area (Å²) in [6.07, 6.45) is 5.95. The van der Waals surface area contributed by atoms with Crippen LogP contribution in [0.25, 0.3) is 5.65 Å². The van der Waals surface area contributed by atoms with E-state index in [-0.39, 0.29) is 18.2 Å². The number of thioether (sulfide) groups is 1. The molecule has 4 fully saturated rings. The third-order valence-corrected chi connectivity index (χ3v) is 8.94. The lowest BCUT2D eigenvalue weighted by Gasteiger charge is -2.60. The Balaban J connectivity index is 1.26. The van der Waals surface area contributed by atoms with Gasteiger partial charge in [-0.05, 0) is 54.6 Å². The molecule has 3 aliphatic carbocycles. The summed E-state index contributed by atoms with van der Waals surface area (Å²) in [5.74, 6) is 4.22. The normalized spacial score (nSPS) is 27.0. The zero-order valence-electron chi connectivity index (χ0n) is 18.5. The van der Waals surface area contributed by atoms with Crippen molar-refractivity contribution in [2.75, 3.05) is 31.1 Å². The fourth-order valence-corrected chi connectivity index (χ4v) is 6.84. The first-order valence-corrected chi connectivity index (χ1v) is 12.7. The minimum absolute atomic E-state index is 0.0619. The van der Waals surface area contributed by atoms with Crippen LogP contribution in [0.2, 0.25) is 0 Å². The third-order valence-electron chi connectivity index (χ3n) is 8.00. The second-order valence-electron chi connectivity index (χ2n) is 9.95. The zero-order valence-corrected chi connectivity index (χ0v) is 19.3. The highest BCUT2D eigenvalue weighted by Gasteiger charge is 2.53. The maximum absolute atomic E-state index is 13.0. The maximum Gasteiger partial charge on any atom is 0.268 e.